The van der Waals surface area contributed by atoms with Crippen LogP contribution in [0.4, 0.5) is 17.6 Å². The third kappa shape index (κ3) is 1.98. The molecule has 1 atom stereocenters. The van der Waals surface area contributed by atoms with E-state index in [1.165, 1.54) is 0 Å². The molecule has 18 heavy (non-hydrogen) atoms. The zero-order valence-corrected chi connectivity index (χ0v) is 9.34. The summed E-state index contributed by atoms with van der Waals surface area (Å²) in [6.07, 6.45) is -4.99. The van der Waals surface area contributed by atoms with Crippen molar-refractivity contribution in [3.63, 3.8) is 0 Å². The summed E-state index contributed by atoms with van der Waals surface area (Å²) < 4.78 is 61.6. The van der Waals surface area contributed by atoms with Crippen LogP contribution in [0.25, 0.3) is 0 Å². The Bertz CT molecular complexity index is 468. The van der Waals surface area contributed by atoms with Crippen LogP contribution in [0.2, 0.25) is 0 Å². The average Bonchev–Trinajstić information content (AvgIpc) is 2.26. The number of ether oxygens (including phenoxy) is 2. The first-order valence-electron chi connectivity index (χ1n) is 5.12. The van der Waals surface area contributed by atoms with E-state index < -0.39 is 23.2 Å². The minimum atomic E-state index is -4.99. The summed E-state index contributed by atoms with van der Waals surface area (Å²) in [6, 6.07) is 1.60. The number of halogens is 4. The molecule has 1 unspecified atom stereocenters. The fourth-order valence-electron chi connectivity index (χ4n) is 1.59. The van der Waals surface area contributed by atoms with Gasteiger partial charge in [-0.2, -0.15) is 13.2 Å². The summed E-state index contributed by atoms with van der Waals surface area (Å²) in [6.45, 7) is 0.842. The van der Waals surface area contributed by atoms with Gasteiger partial charge in [-0.05, 0) is 13.0 Å². The number of fused-ring (bicyclic) bond motifs is 1. The molecule has 1 aromatic rings. The summed E-state index contributed by atoms with van der Waals surface area (Å²) in [5.74, 6) is -1.18. The number of alkyl halides is 3. The van der Waals surface area contributed by atoms with Crippen molar-refractivity contribution >= 4 is 0 Å². The Balaban J connectivity index is 2.52. The molecular weight excluding hydrogens is 256 g/mol. The first kappa shape index (κ1) is 12.9. The van der Waals surface area contributed by atoms with Gasteiger partial charge in [0.25, 0.3) is 0 Å². The first-order chi connectivity index (χ1) is 8.23. The van der Waals surface area contributed by atoms with Crippen LogP contribution in [0, 0.1) is 5.82 Å². The molecule has 1 aromatic carbocycles. The lowest BCUT2D eigenvalue weighted by Gasteiger charge is -2.28. The van der Waals surface area contributed by atoms with E-state index >= 15 is 0 Å². The quantitative estimate of drug-likeness (QED) is 0.793. The van der Waals surface area contributed by atoms with E-state index in [1.807, 2.05) is 0 Å². The van der Waals surface area contributed by atoms with Crippen molar-refractivity contribution in [1.82, 2.24) is 0 Å². The molecule has 0 aliphatic carbocycles. The molecule has 0 saturated heterocycles. The van der Waals surface area contributed by atoms with Gasteiger partial charge in [0.2, 0.25) is 0 Å². The summed E-state index contributed by atoms with van der Waals surface area (Å²) >= 11 is 0. The molecule has 100 valence electrons. The van der Waals surface area contributed by atoms with Crippen molar-refractivity contribution in [3.05, 3.63) is 23.5 Å². The SMILES string of the molecule is CC(O)(c1cc2c(cc1F)OCCO2)C(F)(F)F. The van der Waals surface area contributed by atoms with Crippen LogP contribution < -0.4 is 9.47 Å². The van der Waals surface area contributed by atoms with Gasteiger partial charge in [0.15, 0.2) is 17.1 Å². The van der Waals surface area contributed by atoms with E-state index in [2.05, 4.69) is 0 Å². The number of benzene rings is 1. The summed E-state index contributed by atoms with van der Waals surface area (Å²) in [4.78, 5) is 0. The predicted molar refractivity (Wildman–Crippen MR) is 53.0 cm³/mol. The lowest BCUT2D eigenvalue weighted by Crippen LogP contribution is -2.40. The molecule has 1 aliphatic rings. The largest absolute Gasteiger partial charge is 0.486 e. The second kappa shape index (κ2) is 4.01. The second-order valence-corrected chi connectivity index (χ2v) is 4.05. The molecular formula is C11H10F4O3. The van der Waals surface area contributed by atoms with Crippen LogP contribution in [0.3, 0.4) is 0 Å². The smallest absolute Gasteiger partial charge is 0.421 e. The normalized spacial score (nSPS) is 18.3. The molecule has 1 N–H and O–H groups in total. The van der Waals surface area contributed by atoms with Gasteiger partial charge >= 0.3 is 6.18 Å². The molecule has 0 aromatic heterocycles. The maximum absolute atomic E-state index is 13.6. The van der Waals surface area contributed by atoms with Gasteiger partial charge in [-0.25, -0.2) is 4.39 Å². The Kier molecular flexibility index (Phi) is 2.89. The van der Waals surface area contributed by atoms with Crippen molar-refractivity contribution in [3.8, 4) is 11.5 Å². The van der Waals surface area contributed by atoms with Gasteiger partial charge in [-0.1, -0.05) is 0 Å². The molecule has 0 saturated carbocycles. The third-order valence-corrected chi connectivity index (χ3v) is 2.71. The highest BCUT2D eigenvalue weighted by molar-refractivity contribution is 5.46. The summed E-state index contributed by atoms with van der Waals surface area (Å²) in [7, 11) is 0. The highest BCUT2D eigenvalue weighted by atomic mass is 19.4. The average molecular weight is 266 g/mol. The molecule has 0 amide bonds. The minimum absolute atomic E-state index is 0.0119. The van der Waals surface area contributed by atoms with Crippen molar-refractivity contribution < 1.29 is 32.1 Å². The van der Waals surface area contributed by atoms with Crippen LogP contribution in [0.15, 0.2) is 12.1 Å². The van der Waals surface area contributed by atoms with Crippen LogP contribution in [-0.2, 0) is 5.60 Å². The lowest BCUT2D eigenvalue weighted by atomic mass is 9.94. The van der Waals surface area contributed by atoms with Crippen molar-refractivity contribution in [2.24, 2.45) is 0 Å². The van der Waals surface area contributed by atoms with Crippen LogP contribution in [-0.4, -0.2) is 24.5 Å². The van der Waals surface area contributed by atoms with Gasteiger partial charge in [-0.15, -0.1) is 0 Å². The molecule has 7 heteroatoms. The molecule has 1 aliphatic heterocycles. The van der Waals surface area contributed by atoms with E-state index in [0.717, 1.165) is 12.1 Å². The van der Waals surface area contributed by atoms with Crippen LogP contribution >= 0.6 is 0 Å². The van der Waals surface area contributed by atoms with Crippen LogP contribution in [0.5, 0.6) is 11.5 Å². The zero-order chi connectivity index (χ0) is 13.6. The van der Waals surface area contributed by atoms with Gasteiger partial charge < -0.3 is 14.6 Å². The van der Waals surface area contributed by atoms with E-state index in [1.54, 1.807) is 0 Å². The maximum Gasteiger partial charge on any atom is 0.421 e. The van der Waals surface area contributed by atoms with E-state index in [-0.39, 0.29) is 24.7 Å². The Labute approximate surface area is 99.9 Å². The first-order valence-corrected chi connectivity index (χ1v) is 5.12. The Hall–Kier alpha value is -1.50. The van der Waals surface area contributed by atoms with Gasteiger partial charge in [-0.3, -0.25) is 0 Å². The molecule has 3 nitrogen and oxygen atoms in total. The standard InChI is InChI=1S/C11H10F4O3/c1-10(16,11(13,14)15)6-4-8-9(5-7(6)12)18-3-2-17-8/h4-5,16H,2-3H2,1H3. The number of hydrogen-bond acceptors (Lipinski definition) is 3. The van der Waals surface area contributed by atoms with Gasteiger partial charge in [0, 0.05) is 11.6 Å². The molecule has 0 fully saturated rings. The monoisotopic (exact) mass is 266 g/mol. The van der Waals surface area contributed by atoms with Gasteiger partial charge in [0.05, 0.1) is 0 Å². The predicted octanol–water partition coefficient (Wildman–Crippen LogP) is 2.37. The van der Waals surface area contributed by atoms with E-state index in [0.29, 0.717) is 6.92 Å². The fraction of sp³-hybridized carbons (Fsp3) is 0.455. The number of aliphatic hydroxyl groups is 1. The second-order valence-electron chi connectivity index (χ2n) is 4.05. The van der Waals surface area contributed by atoms with Crippen molar-refractivity contribution in [1.29, 1.82) is 0 Å². The Morgan fingerprint density at radius 3 is 2.11 bits per heavy atom. The zero-order valence-electron chi connectivity index (χ0n) is 9.34. The van der Waals surface area contributed by atoms with Crippen molar-refractivity contribution in [2.75, 3.05) is 13.2 Å². The summed E-state index contributed by atoms with van der Waals surface area (Å²) in [5.41, 5.74) is -4.17. The number of hydrogen-bond donors (Lipinski definition) is 1. The fourth-order valence-corrected chi connectivity index (χ4v) is 1.59. The molecule has 0 spiro atoms. The minimum Gasteiger partial charge on any atom is -0.486 e. The third-order valence-electron chi connectivity index (χ3n) is 2.71. The molecule has 1 heterocycles. The van der Waals surface area contributed by atoms with Gasteiger partial charge in [0.1, 0.15) is 19.0 Å². The van der Waals surface area contributed by atoms with Crippen molar-refractivity contribution in [2.45, 2.75) is 18.7 Å². The van der Waals surface area contributed by atoms with E-state index in [9.17, 15) is 22.7 Å². The Morgan fingerprint density at radius 1 is 1.11 bits per heavy atom. The summed E-state index contributed by atoms with van der Waals surface area (Å²) in [5, 5.41) is 9.44. The molecule has 0 radical (unpaired) electrons. The topological polar surface area (TPSA) is 38.7 Å². The lowest BCUT2D eigenvalue weighted by molar-refractivity contribution is -0.259. The Morgan fingerprint density at radius 2 is 1.61 bits per heavy atom. The number of rotatable bonds is 1. The highest BCUT2D eigenvalue weighted by Crippen LogP contribution is 2.43. The molecule has 2 rings (SSSR count). The highest BCUT2D eigenvalue weighted by Gasteiger charge is 2.52. The molecule has 0 bridgehead atoms. The van der Waals surface area contributed by atoms with E-state index in [4.69, 9.17) is 9.47 Å². The maximum atomic E-state index is 13.6. The van der Waals surface area contributed by atoms with Crippen LogP contribution in [0.1, 0.15) is 12.5 Å².